The van der Waals surface area contributed by atoms with Gasteiger partial charge in [-0.1, -0.05) is 6.07 Å². The molecule has 3 rings (SSSR count). The first-order valence-electron chi connectivity index (χ1n) is 5.76. The van der Waals surface area contributed by atoms with Gasteiger partial charge in [-0.25, -0.2) is 4.39 Å². The van der Waals surface area contributed by atoms with E-state index in [4.69, 9.17) is 5.73 Å². The number of pyridine rings is 1. The molecule has 0 unspecified atom stereocenters. The van der Waals surface area contributed by atoms with Gasteiger partial charge in [0, 0.05) is 10.9 Å². The van der Waals surface area contributed by atoms with Gasteiger partial charge in [-0.2, -0.15) is 0 Å². The standard InChI is InChI=1S/C14H11FN2OS/c15-11-7-9(1-2-12(11)16)8-17-5-3-13-10(14(17)18)4-6-19-13/h1-7H,8,16H2. The van der Waals surface area contributed by atoms with Gasteiger partial charge in [0.05, 0.1) is 17.6 Å². The average molecular weight is 274 g/mol. The van der Waals surface area contributed by atoms with Crippen LogP contribution in [0.3, 0.4) is 0 Å². The predicted octanol–water partition coefficient (Wildman–Crippen LogP) is 2.83. The molecule has 3 aromatic rings. The Morgan fingerprint density at radius 2 is 2.11 bits per heavy atom. The van der Waals surface area contributed by atoms with Crippen molar-refractivity contribution in [3.63, 3.8) is 0 Å². The number of hydrogen-bond acceptors (Lipinski definition) is 3. The molecule has 1 aromatic carbocycles. The van der Waals surface area contributed by atoms with Gasteiger partial charge >= 0.3 is 0 Å². The lowest BCUT2D eigenvalue weighted by Gasteiger charge is -2.07. The van der Waals surface area contributed by atoms with Crippen LogP contribution >= 0.6 is 11.3 Å². The van der Waals surface area contributed by atoms with E-state index < -0.39 is 5.82 Å². The molecule has 2 aromatic heterocycles. The smallest absolute Gasteiger partial charge is 0.259 e. The van der Waals surface area contributed by atoms with E-state index in [1.807, 2.05) is 17.5 Å². The van der Waals surface area contributed by atoms with E-state index in [9.17, 15) is 9.18 Å². The van der Waals surface area contributed by atoms with Gasteiger partial charge in [0.15, 0.2) is 0 Å². The van der Waals surface area contributed by atoms with Crippen molar-refractivity contribution in [2.45, 2.75) is 6.54 Å². The molecule has 0 saturated heterocycles. The number of nitrogen functional groups attached to an aromatic ring is 1. The second-order valence-corrected chi connectivity index (χ2v) is 5.25. The van der Waals surface area contributed by atoms with Gasteiger partial charge in [0.25, 0.3) is 5.56 Å². The molecule has 0 spiro atoms. The van der Waals surface area contributed by atoms with Crippen LogP contribution in [0.25, 0.3) is 10.1 Å². The fraction of sp³-hybridized carbons (Fsp3) is 0.0714. The Balaban J connectivity index is 2.03. The summed E-state index contributed by atoms with van der Waals surface area (Å²) in [7, 11) is 0. The van der Waals surface area contributed by atoms with E-state index in [-0.39, 0.29) is 11.2 Å². The minimum Gasteiger partial charge on any atom is -0.396 e. The summed E-state index contributed by atoms with van der Waals surface area (Å²) in [6.07, 6.45) is 1.73. The Morgan fingerprint density at radius 3 is 2.89 bits per heavy atom. The van der Waals surface area contributed by atoms with Gasteiger partial charge in [0.1, 0.15) is 5.82 Å². The van der Waals surface area contributed by atoms with Crippen molar-refractivity contribution >= 4 is 27.1 Å². The van der Waals surface area contributed by atoms with Crippen LogP contribution in [-0.4, -0.2) is 4.57 Å². The number of nitrogens with zero attached hydrogens (tertiary/aromatic N) is 1. The van der Waals surface area contributed by atoms with Crippen LogP contribution in [0.15, 0.2) is 46.7 Å². The zero-order valence-corrected chi connectivity index (χ0v) is 10.8. The third kappa shape index (κ3) is 2.13. The second-order valence-electron chi connectivity index (χ2n) is 4.30. The molecule has 0 bridgehead atoms. The fourth-order valence-electron chi connectivity index (χ4n) is 2.00. The molecule has 5 heteroatoms. The number of rotatable bonds is 2. The van der Waals surface area contributed by atoms with E-state index in [1.54, 1.807) is 16.8 Å². The third-order valence-electron chi connectivity index (χ3n) is 3.01. The molecule has 3 nitrogen and oxygen atoms in total. The lowest BCUT2D eigenvalue weighted by molar-refractivity contribution is 0.627. The predicted molar refractivity (Wildman–Crippen MR) is 76.0 cm³/mol. The van der Waals surface area contributed by atoms with Crippen LogP contribution in [0.1, 0.15) is 5.56 Å². The largest absolute Gasteiger partial charge is 0.396 e. The van der Waals surface area contributed by atoms with Crippen molar-refractivity contribution in [1.29, 1.82) is 0 Å². The highest BCUT2D eigenvalue weighted by molar-refractivity contribution is 7.17. The molecule has 0 aliphatic heterocycles. The summed E-state index contributed by atoms with van der Waals surface area (Å²) in [4.78, 5) is 12.2. The summed E-state index contributed by atoms with van der Waals surface area (Å²) in [5, 5.41) is 2.59. The lowest BCUT2D eigenvalue weighted by atomic mass is 10.2. The maximum atomic E-state index is 13.4. The Kier molecular flexibility index (Phi) is 2.83. The lowest BCUT2D eigenvalue weighted by Crippen LogP contribution is -2.19. The maximum Gasteiger partial charge on any atom is 0.259 e. The van der Waals surface area contributed by atoms with Gasteiger partial charge in [0.2, 0.25) is 0 Å². The highest BCUT2D eigenvalue weighted by Gasteiger charge is 2.05. The highest BCUT2D eigenvalue weighted by Crippen LogP contribution is 2.17. The van der Waals surface area contributed by atoms with Crippen molar-refractivity contribution in [3.8, 4) is 0 Å². The molecule has 0 fully saturated rings. The number of nitrogens with two attached hydrogens (primary N) is 1. The zero-order chi connectivity index (χ0) is 13.4. The van der Waals surface area contributed by atoms with Crippen molar-refractivity contribution in [2.75, 3.05) is 5.73 Å². The van der Waals surface area contributed by atoms with Gasteiger partial charge in [-0.3, -0.25) is 4.79 Å². The van der Waals surface area contributed by atoms with Crippen LogP contribution in [0.2, 0.25) is 0 Å². The van der Waals surface area contributed by atoms with E-state index in [2.05, 4.69) is 0 Å². The van der Waals surface area contributed by atoms with Crippen LogP contribution < -0.4 is 11.3 Å². The molecule has 0 aliphatic carbocycles. The van der Waals surface area contributed by atoms with Crippen LogP contribution in [-0.2, 0) is 6.54 Å². The van der Waals surface area contributed by atoms with Gasteiger partial charge in [-0.05, 0) is 35.2 Å². The molecule has 0 atom stereocenters. The van der Waals surface area contributed by atoms with E-state index >= 15 is 0 Å². The van der Waals surface area contributed by atoms with Gasteiger partial charge < -0.3 is 10.3 Å². The Bertz CT molecular complexity index is 807. The number of hydrogen-bond donors (Lipinski definition) is 1. The van der Waals surface area contributed by atoms with Crippen LogP contribution in [0.4, 0.5) is 10.1 Å². The molecule has 0 saturated carbocycles. The number of fused-ring (bicyclic) bond motifs is 1. The zero-order valence-electron chi connectivity index (χ0n) is 9.97. The minimum atomic E-state index is -0.456. The summed E-state index contributed by atoms with van der Waals surface area (Å²) in [5.74, 6) is -0.456. The van der Waals surface area contributed by atoms with Crippen molar-refractivity contribution in [3.05, 3.63) is 63.6 Å². The first-order chi connectivity index (χ1) is 9.15. The van der Waals surface area contributed by atoms with Crippen LogP contribution in [0, 0.1) is 5.82 Å². The third-order valence-corrected chi connectivity index (χ3v) is 3.89. The number of aromatic nitrogens is 1. The molecule has 2 heterocycles. The fourth-order valence-corrected chi connectivity index (χ4v) is 2.77. The molecule has 0 amide bonds. The maximum absolute atomic E-state index is 13.4. The minimum absolute atomic E-state index is 0.0593. The number of benzene rings is 1. The molecule has 0 radical (unpaired) electrons. The summed E-state index contributed by atoms with van der Waals surface area (Å²) in [6, 6.07) is 8.30. The monoisotopic (exact) mass is 274 g/mol. The van der Waals surface area contributed by atoms with E-state index in [0.717, 1.165) is 4.70 Å². The van der Waals surface area contributed by atoms with E-state index in [0.29, 0.717) is 17.5 Å². The van der Waals surface area contributed by atoms with Crippen molar-refractivity contribution in [2.24, 2.45) is 0 Å². The molecule has 2 N–H and O–H groups in total. The summed E-state index contributed by atoms with van der Waals surface area (Å²) in [6.45, 7) is 0.335. The topological polar surface area (TPSA) is 48.0 Å². The summed E-state index contributed by atoms with van der Waals surface area (Å²) in [5.41, 5.74) is 6.20. The van der Waals surface area contributed by atoms with Crippen molar-refractivity contribution < 1.29 is 4.39 Å². The quantitative estimate of drug-likeness (QED) is 0.730. The molecule has 96 valence electrons. The molecular weight excluding hydrogens is 263 g/mol. The second kappa shape index (κ2) is 4.51. The Morgan fingerprint density at radius 1 is 1.26 bits per heavy atom. The molecule has 19 heavy (non-hydrogen) atoms. The number of anilines is 1. The average Bonchev–Trinajstić information content (AvgIpc) is 2.86. The van der Waals surface area contributed by atoms with Gasteiger partial charge in [-0.15, -0.1) is 11.3 Å². The van der Waals surface area contributed by atoms with Crippen molar-refractivity contribution in [1.82, 2.24) is 4.57 Å². The SMILES string of the molecule is Nc1ccc(Cn2ccc3sccc3c2=O)cc1F. The normalized spacial score (nSPS) is 11.0. The number of halogens is 1. The summed E-state index contributed by atoms with van der Waals surface area (Å²) >= 11 is 1.53. The highest BCUT2D eigenvalue weighted by atomic mass is 32.1. The summed E-state index contributed by atoms with van der Waals surface area (Å²) < 4.78 is 15.9. The Labute approximate surface area is 112 Å². The van der Waals surface area contributed by atoms with E-state index in [1.165, 1.54) is 23.5 Å². The first kappa shape index (κ1) is 11.9. The first-order valence-corrected chi connectivity index (χ1v) is 6.63. The molecule has 0 aliphatic rings. The number of thiophene rings is 1. The Hall–Kier alpha value is -2.14. The molecular formula is C14H11FN2OS. The van der Waals surface area contributed by atoms with Crippen LogP contribution in [0.5, 0.6) is 0 Å².